The highest BCUT2D eigenvalue weighted by molar-refractivity contribution is 6.02. The summed E-state index contributed by atoms with van der Waals surface area (Å²) in [5.41, 5.74) is 2.40. The van der Waals surface area contributed by atoms with Crippen molar-refractivity contribution in [3.05, 3.63) is 53.6 Å². The number of carbonyl (C=O) groups excluding carboxylic acids is 2. The normalized spacial score (nSPS) is 22.6. The van der Waals surface area contributed by atoms with Crippen LogP contribution < -0.4 is 4.90 Å². The molecule has 0 spiro atoms. The van der Waals surface area contributed by atoms with E-state index in [0.717, 1.165) is 48.6 Å². The van der Waals surface area contributed by atoms with Gasteiger partial charge in [0.05, 0.1) is 6.54 Å². The zero-order valence-electron chi connectivity index (χ0n) is 19.3. The number of piperazine rings is 1. The molecule has 0 aromatic heterocycles. The quantitative estimate of drug-likeness (QED) is 0.657. The molecule has 3 aliphatic rings. The van der Waals surface area contributed by atoms with E-state index in [9.17, 15) is 9.59 Å². The Balaban J connectivity index is 1.30. The van der Waals surface area contributed by atoms with Crippen LogP contribution >= 0.6 is 0 Å². The first-order valence-corrected chi connectivity index (χ1v) is 11.7. The van der Waals surface area contributed by atoms with Crippen molar-refractivity contribution in [3.63, 3.8) is 0 Å². The summed E-state index contributed by atoms with van der Waals surface area (Å²) in [6, 6.07) is 13.5. The van der Waals surface area contributed by atoms with Crippen LogP contribution in [0.5, 0.6) is 0 Å². The van der Waals surface area contributed by atoms with Crippen LogP contribution in [-0.2, 0) is 11.2 Å². The number of hydrogen-bond donors (Lipinski definition) is 0. The number of rotatable bonds is 3. The van der Waals surface area contributed by atoms with E-state index in [-0.39, 0.29) is 25.4 Å². The van der Waals surface area contributed by atoms with Gasteiger partial charge >= 0.3 is 0 Å². The number of fused-ring (bicyclic) bond motifs is 1. The van der Waals surface area contributed by atoms with E-state index in [0.29, 0.717) is 18.5 Å². The SMILES string of the molecule is CN1CCN(C(=O)c2ccc(-c3ccc4c(c3)CCN4C(=O)C3(F)CCN(C#N)C3)cc2)CC1. The van der Waals surface area contributed by atoms with Crippen molar-refractivity contribution in [3.8, 4) is 17.3 Å². The number of carbonyl (C=O) groups is 2. The van der Waals surface area contributed by atoms with Crippen molar-refractivity contribution in [1.29, 1.82) is 5.26 Å². The lowest BCUT2D eigenvalue weighted by atomic mass is 10.00. The predicted molar refractivity (Wildman–Crippen MR) is 127 cm³/mol. The fraction of sp³-hybridized carbons (Fsp3) is 0.423. The molecule has 2 aromatic carbocycles. The van der Waals surface area contributed by atoms with Crippen LogP contribution in [0.3, 0.4) is 0 Å². The maximum absolute atomic E-state index is 15.3. The van der Waals surface area contributed by atoms with Crippen LogP contribution in [0.15, 0.2) is 42.5 Å². The molecular formula is C26H28FN5O2. The Bertz CT molecular complexity index is 1150. The number of alkyl halides is 1. The average Bonchev–Trinajstić information content (AvgIpc) is 3.47. The van der Waals surface area contributed by atoms with E-state index in [1.54, 1.807) is 0 Å². The largest absolute Gasteiger partial charge is 0.336 e. The molecule has 5 rings (SSSR count). The summed E-state index contributed by atoms with van der Waals surface area (Å²) in [5.74, 6) is -0.492. The van der Waals surface area contributed by atoms with Gasteiger partial charge in [0.25, 0.3) is 11.8 Å². The molecule has 0 saturated carbocycles. The summed E-state index contributed by atoms with van der Waals surface area (Å²) in [7, 11) is 2.06. The molecule has 3 heterocycles. The highest BCUT2D eigenvalue weighted by Gasteiger charge is 2.48. The first-order valence-electron chi connectivity index (χ1n) is 11.7. The van der Waals surface area contributed by atoms with Gasteiger partial charge < -0.3 is 19.6 Å². The van der Waals surface area contributed by atoms with E-state index >= 15 is 4.39 Å². The van der Waals surface area contributed by atoms with Gasteiger partial charge in [-0.15, -0.1) is 0 Å². The lowest BCUT2D eigenvalue weighted by Gasteiger charge is -2.32. The third-order valence-electron chi connectivity index (χ3n) is 7.22. The monoisotopic (exact) mass is 461 g/mol. The van der Waals surface area contributed by atoms with E-state index in [1.807, 2.05) is 53.6 Å². The molecule has 2 aromatic rings. The van der Waals surface area contributed by atoms with Gasteiger partial charge in [-0.25, -0.2) is 4.39 Å². The number of halogens is 1. The Hall–Kier alpha value is -3.44. The van der Waals surface area contributed by atoms with Crippen LogP contribution in [0.25, 0.3) is 11.1 Å². The minimum absolute atomic E-state index is 0.0442. The van der Waals surface area contributed by atoms with Gasteiger partial charge in [0.15, 0.2) is 6.19 Å². The molecule has 1 unspecified atom stereocenters. The molecule has 0 aliphatic carbocycles. The molecule has 34 heavy (non-hydrogen) atoms. The number of benzene rings is 2. The Labute approximate surface area is 199 Å². The van der Waals surface area contributed by atoms with Gasteiger partial charge in [-0.3, -0.25) is 9.59 Å². The number of anilines is 1. The minimum atomic E-state index is -2.01. The van der Waals surface area contributed by atoms with E-state index in [2.05, 4.69) is 11.9 Å². The molecular weight excluding hydrogens is 433 g/mol. The summed E-state index contributed by atoms with van der Waals surface area (Å²) in [4.78, 5) is 32.7. The van der Waals surface area contributed by atoms with Crippen LogP contribution in [0.2, 0.25) is 0 Å². The Morgan fingerprint density at radius 1 is 0.971 bits per heavy atom. The average molecular weight is 462 g/mol. The molecule has 176 valence electrons. The zero-order valence-corrected chi connectivity index (χ0v) is 19.3. The lowest BCUT2D eigenvalue weighted by Crippen LogP contribution is -2.47. The molecule has 2 fully saturated rings. The molecule has 2 amide bonds. The van der Waals surface area contributed by atoms with E-state index in [1.165, 1.54) is 9.80 Å². The van der Waals surface area contributed by atoms with Gasteiger partial charge in [0, 0.05) is 56.9 Å². The predicted octanol–water partition coefficient (Wildman–Crippen LogP) is 2.53. The zero-order chi connectivity index (χ0) is 23.9. The maximum Gasteiger partial charge on any atom is 0.266 e. The molecule has 1 atom stereocenters. The number of likely N-dealkylation sites (N-methyl/N-ethyl adjacent to an activating group) is 1. The van der Waals surface area contributed by atoms with Crippen molar-refractivity contribution < 1.29 is 14.0 Å². The molecule has 0 bridgehead atoms. The number of nitriles is 1. The second-order valence-electron chi connectivity index (χ2n) is 9.46. The highest BCUT2D eigenvalue weighted by atomic mass is 19.1. The van der Waals surface area contributed by atoms with Gasteiger partial charge in [-0.05, 0) is 54.4 Å². The standard InChI is InChI=1S/C26H28FN5O2/c1-29-12-14-31(15-13-29)24(33)20-4-2-19(3-5-20)21-6-7-23-22(16-21)8-10-32(23)25(34)26(27)9-11-30(17-26)18-28/h2-7,16H,8-15,17H2,1H3. The molecule has 0 radical (unpaired) electrons. The molecule has 8 heteroatoms. The van der Waals surface area contributed by atoms with Gasteiger partial charge in [0.1, 0.15) is 0 Å². The fourth-order valence-corrected chi connectivity index (χ4v) is 5.06. The van der Waals surface area contributed by atoms with Crippen LogP contribution in [-0.4, -0.2) is 85.0 Å². The van der Waals surface area contributed by atoms with Crippen molar-refractivity contribution in [2.75, 3.05) is 57.8 Å². The van der Waals surface area contributed by atoms with Gasteiger partial charge in [-0.1, -0.05) is 18.2 Å². The molecule has 0 N–H and O–H groups in total. The minimum Gasteiger partial charge on any atom is -0.336 e. The molecule has 3 aliphatic heterocycles. The molecule has 7 nitrogen and oxygen atoms in total. The van der Waals surface area contributed by atoms with Crippen molar-refractivity contribution in [2.45, 2.75) is 18.5 Å². The Morgan fingerprint density at radius 3 is 2.35 bits per heavy atom. The van der Waals surface area contributed by atoms with Crippen molar-refractivity contribution in [1.82, 2.24) is 14.7 Å². The summed E-state index contributed by atoms with van der Waals surface area (Å²) in [6.45, 7) is 3.79. The summed E-state index contributed by atoms with van der Waals surface area (Å²) < 4.78 is 15.3. The number of likely N-dealkylation sites (tertiary alicyclic amines) is 1. The van der Waals surface area contributed by atoms with Gasteiger partial charge in [-0.2, -0.15) is 5.26 Å². The Morgan fingerprint density at radius 2 is 1.68 bits per heavy atom. The van der Waals surface area contributed by atoms with Crippen molar-refractivity contribution in [2.24, 2.45) is 0 Å². The topological polar surface area (TPSA) is 70.9 Å². The van der Waals surface area contributed by atoms with E-state index < -0.39 is 11.6 Å². The second-order valence-corrected chi connectivity index (χ2v) is 9.46. The van der Waals surface area contributed by atoms with Crippen LogP contribution in [0, 0.1) is 11.5 Å². The number of hydrogen-bond acceptors (Lipinski definition) is 5. The third-order valence-corrected chi connectivity index (χ3v) is 7.22. The van der Waals surface area contributed by atoms with E-state index in [4.69, 9.17) is 5.26 Å². The third kappa shape index (κ3) is 4.01. The smallest absolute Gasteiger partial charge is 0.266 e. The summed E-state index contributed by atoms with van der Waals surface area (Å²) in [6.07, 6.45) is 2.64. The second kappa shape index (κ2) is 8.73. The first kappa shape index (κ1) is 22.4. The first-order chi connectivity index (χ1) is 16.4. The van der Waals surface area contributed by atoms with Crippen molar-refractivity contribution >= 4 is 17.5 Å². The van der Waals surface area contributed by atoms with Crippen LogP contribution in [0.4, 0.5) is 10.1 Å². The summed E-state index contributed by atoms with van der Waals surface area (Å²) >= 11 is 0. The maximum atomic E-state index is 15.3. The summed E-state index contributed by atoms with van der Waals surface area (Å²) in [5, 5.41) is 9.03. The molecule has 2 saturated heterocycles. The Kier molecular flexibility index (Phi) is 5.74. The fourth-order valence-electron chi connectivity index (χ4n) is 5.06. The highest BCUT2D eigenvalue weighted by Crippen LogP contribution is 2.36. The number of amides is 2. The number of nitrogens with zero attached hydrogens (tertiary/aromatic N) is 5. The lowest BCUT2D eigenvalue weighted by molar-refractivity contribution is -0.129. The van der Waals surface area contributed by atoms with Gasteiger partial charge in [0.2, 0.25) is 5.67 Å². The van der Waals surface area contributed by atoms with Crippen LogP contribution in [0.1, 0.15) is 22.3 Å².